The molecule has 0 saturated carbocycles. The Hall–Kier alpha value is -2.39. The summed E-state index contributed by atoms with van der Waals surface area (Å²) in [6.45, 7) is 4.22. The van der Waals surface area contributed by atoms with E-state index in [1.165, 1.54) is 35.0 Å². The fourth-order valence-corrected chi connectivity index (χ4v) is 4.82. The van der Waals surface area contributed by atoms with Gasteiger partial charge in [-0.05, 0) is 69.1 Å². The molecule has 4 heterocycles. The van der Waals surface area contributed by atoms with Crippen molar-refractivity contribution < 1.29 is 0 Å². The van der Waals surface area contributed by atoms with Crippen molar-refractivity contribution in [1.29, 1.82) is 0 Å². The highest BCUT2D eigenvalue weighted by atomic mass is 15.2. The van der Waals surface area contributed by atoms with Gasteiger partial charge in [-0.15, -0.1) is 0 Å². The SMILES string of the molecule is Cc1ccc2c(c1)c1c(n2/C=C\c2ccc(C)nc2)C[C@@H]2CC[C@H]1N2C. The largest absolute Gasteiger partial charge is 0.320 e. The number of benzene rings is 1. The topological polar surface area (TPSA) is 21.1 Å². The fraction of sp³-hybridized carbons (Fsp3) is 0.348. The lowest BCUT2D eigenvalue weighted by molar-refractivity contribution is 0.223. The minimum atomic E-state index is 0.573. The van der Waals surface area contributed by atoms with E-state index in [1.54, 1.807) is 5.56 Å². The van der Waals surface area contributed by atoms with Gasteiger partial charge >= 0.3 is 0 Å². The molecule has 0 aliphatic carbocycles. The summed E-state index contributed by atoms with van der Waals surface area (Å²) < 4.78 is 2.43. The van der Waals surface area contributed by atoms with E-state index >= 15 is 0 Å². The molecule has 3 aromatic rings. The lowest BCUT2D eigenvalue weighted by Crippen LogP contribution is -2.34. The molecule has 2 bridgehead atoms. The van der Waals surface area contributed by atoms with E-state index in [4.69, 9.17) is 0 Å². The first kappa shape index (κ1) is 15.8. The zero-order valence-electron chi connectivity index (χ0n) is 15.7. The summed E-state index contributed by atoms with van der Waals surface area (Å²) >= 11 is 0. The van der Waals surface area contributed by atoms with E-state index in [0.29, 0.717) is 12.1 Å². The van der Waals surface area contributed by atoms with E-state index in [1.807, 2.05) is 13.1 Å². The first-order valence-corrected chi connectivity index (χ1v) is 9.58. The zero-order chi connectivity index (χ0) is 17.8. The quantitative estimate of drug-likeness (QED) is 0.655. The van der Waals surface area contributed by atoms with Crippen molar-refractivity contribution in [2.45, 2.75) is 45.2 Å². The average Bonchev–Trinajstić information content (AvgIpc) is 3.04. The Labute approximate surface area is 155 Å². The van der Waals surface area contributed by atoms with Crippen LogP contribution in [0.4, 0.5) is 0 Å². The van der Waals surface area contributed by atoms with Crippen LogP contribution in [0.2, 0.25) is 0 Å². The van der Waals surface area contributed by atoms with Crippen LogP contribution in [-0.4, -0.2) is 27.5 Å². The minimum absolute atomic E-state index is 0.573. The van der Waals surface area contributed by atoms with Crippen molar-refractivity contribution in [3.8, 4) is 0 Å². The van der Waals surface area contributed by atoms with E-state index in [9.17, 15) is 0 Å². The predicted molar refractivity (Wildman–Crippen MR) is 108 cm³/mol. The van der Waals surface area contributed by atoms with Gasteiger partial charge in [-0.3, -0.25) is 9.88 Å². The van der Waals surface area contributed by atoms with Crippen molar-refractivity contribution >= 4 is 23.2 Å². The van der Waals surface area contributed by atoms with Crippen molar-refractivity contribution in [2.24, 2.45) is 0 Å². The van der Waals surface area contributed by atoms with Crippen molar-refractivity contribution in [3.63, 3.8) is 0 Å². The molecule has 1 fully saturated rings. The smallest absolute Gasteiger partial charge is 0.0529 e. The number of fused-ring (bicyclic) bond motifs is 6. The Bertz CT molecular complexity index is 1010. The maximum atomic E-state index is 4.42. The Kier molecular flexibility index (Phi) is 3.54. The van der Waals surface area contributed by atoms with E-state index in [0.717, 1.165) is 17.7 Å². The van der Waals surface area contributed by atoms with Gasteiger partial charge in [0.2, 0.25) is 0 Å². The number of hydrogen-bond donors (Lipinski definition) is 0. The van der Waals surface area contributed by atoms with Crippen LogP contribution in [0.3, 0.4) is 0 Å². The van der Waals surface area contributed by atoms with Crippen LogP contribution in [0.5, 0.6) is 0 Å². The highest BCUT2D eigenvalue weighted by Crippen LogP contribution is 2.47. The normalized spacial score (nSPS) is 22.4. The van der Waals surface area contributed by atoms with Gasteiger partial charge in [0, 0.05) is 47.7 Å². The zero-order valence-corrected chi connectivity index (χ0v) is 15.7. The minimum Gasteiger partial charge on any atom is -0.320 e. The van der Waals surface area contributed by atoms with Crippen molar-refractivity contribution in [1.82, 2.24) is 14.5 Å². The molecular formula is C23H25N3. The number of aryl methyl sites for hydroxylation is 2. The third-order valence-electron chi connectivity index (χ3n) is 6.26. The molecule has 2 aromatic heterocycles. The molecule has 0 unspecified atom stereocenters. The van der Waals surface area contributed by atoms with E-state index < -0.39 is 0 Å². The molecule has 0 N–H and O–H groups in total. The number of hydrogen-bond acceptors (Lipinski definition) is 2. The van der Waals surface area contributed by atoms with Crippen molar-refractivity contribution in [3.05, 3.63) is 64.6 Å². The van der Waals surface area contributed by atoms with E-state index in [2.05, 4.69) is 71.0 Å². The first-order valence-electron chi connectivity index (χ1n) is 9.58. The highest BCUT2D eigenvalue weighted by Gasteiger charge is 2.40. The molecular weight excluding hydrogens is 318 g/mol. The summed E-state index contributed by atoms with van der Waals surface area (Å²) in [5.74, 6) is 0. The Balaban J connectivity index is 1.68. The summed E-state index contributed by atoms with van der Waals surface area (Å²) in [4.78, 5) is 7.02. The monoisotopic (exact) mass is 343 g/mol. The van der Waals surface area contributed by atoms with Crippen LogP contribution in [-0.2, 0) is 6.42 Å². The molecule has 0 spiro atoms. The van der Waals surface area contributed by atoms with Gasteiger partial charge < -0.3 is 4.57 Å². The van der Waals surface area contributed by atoms with Crippen LogP contribution < -0.4 is 0 Å². The Morgan fingerprint density at radius 1 is 1.12 bits per heavy atom. The van der Waals surface area contributed by atoms with Gasteiger partial charge in [-0.2, -0.15) is 0 Å². The summed E-state index contributed by atoms with van der Waals surface area (Å²) in [5.41, 5.74) is 7.94. The number of aromatic nitrogens is 2. The number of rotatable bonds is 2. The van der Waals surface area contributed by atoms with Gasteiger partial charge in [0.15, 0.2) is 0 Å². The second-order valence-corrected chi connectivity index (χ2v) is 7.92. The molecule has 1 aromatic carbocycles. The molecule has 1 saturated heterocycles. The molecule has 3 heteroatoms. The summed E-state index contributed by atoms with van der Waals surface area (Å²) in [6, 6.07) is 12.4. The van der Waals surface area contributed by atoms with Crippen LogP contribution >= 0.6 is 0 Å². The first-order chi connectivity index (χ1) is 12.6. The van der Waals surface area contributed by atoms with Crippen molar-refractivity contribution in [2.75, 3.05) is 7.05 Å². The highest BCUT2D eigenvalue weighted by molar-refractivity contribution is 5.90. The van der Waals surface area contributed by atoms with E-state index in [-0.39, 0.29) is 0 Å². The summed E-state index contributed by atoms with van der Waals surface area (Å²) in [5, 5.41) is 1.43. The number of pyridine rings is 1. The van der Waals surface area contributed by atoms with Gasteiger partial charge in [-0.25, -0.2) is 0 Å². The number of nitrogens with zero attached hydrogens (tertiary/aromatic N) is 3. The molecule has 132 valence electrons. The molecule has 2 aliphatic heterocycles. The third-order valence-corrected chi connectivity index (χ3v) is 6.26. The summed E-state index contributed by atoms with van der Waals surface area (Å²) in [7, 11) is 2.30. The molecule has 0 radical (unpaired) electrons. The number of likely N-dealkylation sites (N-methyl/N-ethyl adjacent to an activating group) is 1. The molecule has 2 aliphatic rings. The van der Waals surface area contributed by atoms with Gasteiger partial charge in [0.25, 0.3) is 0 Å². The van der Waals surface area contributed by atoms with Gasteiger partial charge in [0.05, 0.1) is 5.52 Å². The molecule has 5 rings (SSSR count). The van der Waals surface area contributed by atoms with Crippen LogP contribution in [0.1, 0.15) is 47.0 Å². The molecule has 3 nitrogen and oxygen atoms in total. The maximum Gasteiger partial charge on any atom is 0.0529 e. The lowest BCUT2D eigenvalue weighted by Gasteiger charge is -2.32. The molecule has 0 amide bonds. The summed E-state index contributed by atoms with van der Waals surface area (Å²) in [6.07, 6.45) is 10.1. The fourth-order valence-electron chi connectivity index (χ4n) is 4.82. The Morgan fingerprint density at radius 2 is 2.00 bits per heavy atom. The predicted octanol–water partition coefficient (Wildman–Crippen LogP) is 4.97. The van der Waals surface area contributed by atoms with Gasteiger partial charge in [-0.1, -0.05) is 17.7 Å². The second kappa shape index (κ2) is 5.82. The molecule has 26 heavy (non-hydrogen) atoms. The van der Waals surface area contributed by atoms with Crippen LogP contribution in [0.25, 0.3) is 23.2 Å². The third kappa shape index (κ3) is 2.34. The molecule has 2 atom stereocenters. The van der Waals surface area contributed by atoms with Crippen LogP contribution in [0.15, 0.2) is 36.5 Å². The second-order valence-electron chi connectivity index (χ2n) is 7.92. The average molecular weight is 343 g/mol. The lowest BCUT2D eigenvalue weighted by atomic mass is 9.97. The Morgan fingerprint density at radius 3 is 2.81 bits per heavy atom. The van der Waals surface area contributed by atoms with Crippen LogP contribution in [0, 0.1) is 13.8 Å². The maximum absolute atomic E-state index is 4.42. The van der Waals surface area contributed by atoms with Gasteiger partial charge in [0.1, 0.15) is 0 Å². The standard InChI is InChI=1S/C23H25N3/c1-15-4-8-20-19(12-15)23-21-9-7-18(25(21)3)13-22(23)26(20)11-10-17-6-5-16(2)24-14-17/h4-6,8,10-12,14,18,21H,7,9,13H2,1-3H3/b11-10-/t18-,21+/m0/s1.